The zero-order valence-corrected chi connectivity index (χ0v) is 11.6. The first-order chi connectivity index (χ1) is 9.71. The van der Waals surface area contributed by atoms with Crippen molar-refractivity contribution < 1.29 is 27.5 Å². The molecule has 21 heavy (non-hydrogen) atoms. The minimum absolute atomic E-state index is 0.0257. The fourth-order valence-electron chi connectivity index (χ4n) is 1.24. The van der Waals surface area contributed by atoms with E-state index in [-0.39, 0.29) is 23.0 Å². The fourth-order valence-corrected chi connectivity index (χ4v) is 1.41. The number of rotatable bonds is 4. The van der Waals surface area contributed by atoms with Crippen molar-refractivity contribution in [1.29, 1.82) is 0 Å². The number of hydrogen-bond donors (Lipinski definition) is 2. The van der Waals surface area contributed by atoms with Gasteiger partial charge in [-0.1, -0.05) is 18.5 Å². The van der Waals surface area contributed by atoms with E-state index in [9.17, 15) is 22.8 Å². The highest BCUT2D eigenvalue weighted by molar-refractivity contribution is 6.33. The summed E-state index contributed by atoms with van der Waals surface area (Å²) in [4.78, 5) is 22.5. The molecular formula is C12H12ClF3N2O3. The number of anilines is 2. The van der Waals surface area contributed by atoms with Crippen LogP contribution in [0.4, 0.5) is 29.3 Å². The maximum atomic E-state index is 11.9. The zero-order valence-electron chi connectivity index (χ0n) is 10.9. The van der Waals surface area contributed by atoms with Gasteiger partial charge in [0, 0.05) is 12.1 Å². The molecule has 1 aromatic rings. The van der Waals surface area contributed by atoms with Crippen molar-refractivity contribution in [1.82, 2.24) is 0 Å². The first-order valence-electron chi connectivity index (χ1n) is 5.81. The Balaban J connectivity index is 2.71. The van der Waals surface area contributed by atoms with Crippen LogP contribution in [0.5, 0.6) is 0 Å². The molecule has 0 radical (unpaired) electrons. The standard InChI is InChI=1S/C12H12ClF3N2O3/c1-2-10(19)17-7-3-4-8(13)9(5-7)18-11(20)21-6-12(14,15)16/h3-5H,2,6H2,1H3,(H,17,19)(H,18,20). The van der Waals surface area contributed by atoms with Crippen LogP contribution in [0.2, 0.25) is 5.02 Å². The summed E-state index contributed by atoms with van der Waals surface area (Å²) in [5.41, 5.74) is 0.370. The summed E-state index contributed by atoms with van der Waals surface area (Å²) in [6.07, 6.45) is -5.66. The lowest BCUT2D eigenvalue weighted by Crippen LogP contribution is -2.23. The lowest BCUT2D eigenvalue weighted by atomic mass is 10.2. The molecule has 0 aliphatic carbocycles. The van der Waals surface area contributed by atoms with E-state index in [4.69, 9.17) is 11.6 Å². The molecule has 9 heteroatoms. The lowest BCUT2D eigenvalue weighted by molar-refractivity contribution is -0.159. The van der Waals surface area contributed by atoms with E-state index in [2.05, 4.69) is 15.4 Å². The zero-order chi connectivity index (χ0) is 16.0. The van der Waals surface area contributed by atoms with Gasteiger partial charge in [0.15, 0.2) is 6.61 Å². The van der Waals surface area contributed by atoms with Crippen LogP contribution in [-0.2, 0) is 9.53 Å². The van der Waals surface area contributed by atoms with E-state index >= 15 is 0 Å². The van der Waals surface area contributed by atoms with Crippen LogP contribution in [0.15, 0.2) is 18.2 Å². The van der Waals surface area contributed by atoms with Gasteiger partial charge >= 0.3 is 12.3 Å². The largest absolute Gasteiger partial charge is 0.440 e. The van der Waals surface area contributed by atoms with Gasteiger partial charge in [0.25, 0.3) is 0 Å². The van der Waals surface area contributed by atoms with Gasteiger partial charge in [0.2, 0.25) is 5.91 Å². The number of hydrogen-bond acceptors (Lipinski definition) is 3. The number of alkyl halides is 3. The second kappa shape index (κ2) is 7.16. The number of nitrogens with one attached hydrogen (secondary N) is 2. The molecule has 0 spiro atoms. The van der Waals surface area contributed by atoms with E-state index in [1.54, 1.807) is 6.92 Å². The van der Waals surface area contributed by atoms with Gasteiger partial charge in [0.05, 0.1) is 10.7 Å². The Morgan fingerprint density at radius 3 is 2.52 bits per heavy atom. The van der Waals surface area contributed by atoms with Crippen LogP contribution < -0.4 is 10.6 Å². The van der Waals surface area contributed by atoms with Crippen LogP contribution >= 0.6 is 11.6 Å². The van der Waals surface area contributed by atoms with Gasteiger partial charge in [-0.05, 0) is 18.2 Å². The Bertz CT molecular complexity index is 535. The highest BCUT2D eigenvalue weighted by atomic mass is 35.5. The number of amides is 2. The normalized spacial score (nSPS) is 10.9. The lowest BCUT2D eigenvalue weighted by Gasteiger charge is -2.11. The van der Waals surface area contributed by atoms with E-state index in [0.717, 1.165) is 0 Å². The summed E-state index contributed by atoms with van der Waals surface area (Å²) in [6, 6.07) is 4.18. The van der Waals surface area contributed by atoms with Gasteiger partial charge in [-0.3, -0.25) is 10.1 Å². The Kier molecular flexibility index (Phi) is 5.83. The van der Waals surface area contributed by atoms with E-state index in [0.29, 0.717) is 5.69 Å². The third kappa shape index (κ3) is 6.35. The summed E-state index contributed by atoms with van der Waals surface area (Å²) in [5.74, 6) is -0.261. The molecule has 0 aliphatic heterocycles. The van der Waals surface area contributed by atoms with E-state index < -0.39 is 18.9 Å². The molecular weight excluding hydrogens is 313 g/mol. The fraction of sp³-hybridized carbons (Fsp3) is 0.333. The molecule has 0 aliphatic rings. The molecule has 5 nitrogen and oxygen atoms in total. The predicted octanol–water partition coefficient (Wildman–Crippen LogP) is 3.80. The highest BCUT2D eigenvalue weighted by Crippen LogP contribution is 2.26. The van der Waals surface area contributed by atoms with E-state index in [1.807, 2.05) is 0 Å². The molecule has 0 bridgehead atoms. The summed E-state index contributed by atoms with van der Waals surface area (Å²) in [6.45, 7) is -0.0539. The minimum Gasteiger partial charge on any atom is -0.440 e. The van der Waals surface area contributed by atoms with Crippen molar-refractivity contribution in [2.45, 2.75) is 19.5 Å². The topological polar surface area (TPSA) is 67.4 Å². The molecule has 0 unspecified atom stereocenters. The van der Waals surface area contributed by atoms with Crippen molar-refractivity contribution in [3.63, 3.8) is 0 Å². The first kappa shape index (κ1) is 17.1. The third-order valence-corrected chi connectivity index (χ3v) is 2.50. The molecule has 2 amide bonds. The Labute approximate surface area is 123 Å². The van der Waals surface area contributed by atoms with Gasteiger partial charge in [-0.25, -0.2) is 4.79 Å². The highest BCUT2D eigenvalue weighted by Gasteiger charge is 2.29. The summed E-state index contributed by atoms with van der Waals surface area (Å²) >= 11 is 5.80. The Morgan fingerprint density at radius 2 is 1.95 bits per heavy atom. The summed E-state index contributed by atoms with van der Waals surface area (Å²) in [7, 11) is 0. The average molecular weight is 325 g/mol. The molecule has 0 heterocycles. The maximum Gasteiger partial charge on any atom is 0.422 e. The van der Waals surface area contributed by atoms with Gasteiger partial charge < -0.3 is 10.1 Å². The second-order valence-corrected chi connectivity index (χ2v) is 4.32. The van der Waals surface area contributed by atoms with Crippen LogP contribution in [-0.4, -0.2) is 24.8 Å². The Hall–Kier alpha value is -1.96. The first-order valence-corrected chi connectivity index (χ1v) is 6.19. The second-order valence-electron chi connectivity index (χ2n) is 3.91. The molecule has 2 N–H and O–H groups in total. The van der Waals surface area contributed by atoms with Crippen LogP contribution in [0.3, 0.4) is 0 Å². The van der Waals surface area contributed by atoms with Crippen LogP contribution in [0, 0.1) is 0 Å². The molecule has 0 saturated heterocycles. The smallest absolute Gasteiger partial charge is 0.422 e. The van der Waals surface area contributed by atoms with Crippen molar-refractivity contribution in [3.05, 3.63) is 23.2 Å². The number of ether oxygens (including phenoxy) is 1. The van der Waals surface area contributed by atoms with Crippen LogP contribution in [0.1, 0.15) is 13.3 Å². The SMILES string of the molecule is CCC(=O)Nc1ccc(Cl)c(NC(=O)OCC(F)(F)F)c1. The van der Waals surface area contributed by atoms with E-state index in [1.165, 1.54) is 18.2 Å². The predicted molar refractivity (Wildman–Crippen MR) is 71.4 cm³/mol. The van der Waals surface area contributed by atoms with Crippen LogP contribution in [0.25, 0.3) is 0 Å². The number of benzene rings is 1. The molecule has 1 aromatic carbocycles. The van der Waals surface area contributed by atoms with Crippen molar-refractivity contribution >= 4 is 35.0 Å². The molecule has 0 fully saturated rings. The monoisotopic (exact) mass is 324 g/mol. The average Bonchev–Trinajstić information content (AvgIpc) is 2.39. The molecule has 0 atom stereocenters. The maximum absolute atomic E-state index is 11.9. The van der Waals surface area contributed by atoms with Crippen molar-refractivity contribution in [2.24, 2.45) is 0 Å². The Morgan fingerprint density at radius 1 is 1.29 bits per heavy atom. The van der Waals surface area contributed by atoms with Gasteiger partial charge in [0.1, 0.15) is 0 Å². The number of carbonyl (C=O) groups excluding carboxylic acids is 2. The van der Waals surface area contributed by atoms with Crippen molar-refractivity contribution in [2.75, 3.05) is 17.2 Å². The van der Waals surface area contributed by atoms with Gasteiger partial charge in [-0.15, -0.1) is 0 Å². The van der Waals surface area contributed by atoms with Gasteiger partial charge in [-0.2, -0.15) is 13.2 Å². The quantitative estimate of drug-likeness (QED) is 0.885. The molecule has 116 valence electrons. The molecule has 1 rings (SSSR count). The molecule has 0 saturated carbocycles. The third-order valence-electron chi connectivity index (χ3n) is 2.17. The van der Waals surface area contributed by atoms with Crippen molar-refractivity contribution in [3.8, 4) is 0 Å². The number of carbonyl (C=O) groups is 2. The summed E-state index contributed by atoms with van der Waals surface area (Å²) < 4.78 is 39.7. The minimum atomic E-state index is -4.61. The summed E-state index contributed by atoms with van der Waals surface area (Å²) in [5, 5.41) is 4.68. The molecule has 0 aromatic heterocycles. The number of halogens is 4.